The van der Waals surface area contributed by atoms with E-state index in [4.69, 9.17) is 22.1 Å². The van der Waals surface area contributed by atoms with Crippen molar-refractivity contribution < 1.29 is 9.53 Å². The topological polar surface area (TPSA) is 64.3 Å². The van der Waals surface area contributed by atoms with Crippen LogP contribution in [-0.2, 0) is 9.53 Å². The van der Waals surface area contributed by atoms with E-state index in [1.165, 1.54) is 0 Å². The Morgan fingerprint density at radius 1 is 1.56 bits per heavy atom. The van der Waals surface area contributed by atoms with Crippen LogP contribution in [-0.4, -0.2) is 25.2 Å². The summed E-state index contributed by atoms with van der Waals surface area (Å²) in [7, 11) is 1.54. The molecule has 100 valence electrons. The summed E-state index contributed by atoms with van der Waals surface area (Å²) < 4.78 is 5.14. The first-order valence-corrected chi connectivity index (χ1v) is 6.12. The zero-order chi connectivity index (χ0) is 13.8. The number of carbonyl (C=O) groups excluding carboxylic acids is 1. The molecule has 0 aliphatic rings. The second-order valence-electron chi connectivity index (χ2n) is 4.56. The molecule has 0 radical (unpaired) electrons. The number of benzene rings is 1. The van der Waals surface area contributed by atoms with Gasteiger partial charge in [-0.2, -0.15) is 0 Å². The summed E-state index contributed by atoms with van der Waals surface area (Å²) in [6, 6.07) is 7.16. The molecular formula is C13H19ClN2O2. The minimum absolute atomic E-state index is 0.0195. The van der Waals surface area contributed by atoms with Crippen LogP contribution in [0.4, 0.5) is 5.69 Å². The number of nitrogens with two attached hydrogens (primary N) is 1. The Kier molecular flexibility index (Phi) is 4.99. The highest BCUT2D eigenvalue weighted by molar-refractivity contribution is 6.30. The molecule has 1 aromatic carbocycles. The van der Waals surface area contributed by atoms with E-state index in [1.54, 1.807) is 19.2 Å². The summed E-state index contributed by atoms with van der Waals surface area (Å²) >= 11 is 5.92. The molecule has 0 aromatic heterocycles. The van der Waals surface area contributed by atoms with Gasteiger partial charge in [0.1, 0.15) is 5.54 Å². The standard InChI is InChI=1S/C13H19ClN2O2/c1-9(2)13(8-18-3,12(15)17)16-11-6-4-5-10(14)7-11/h4-7,9,16H,8H2,1-3H3,(H2,15,17). The van der Waals surface area contributed by atoms with E-state index in [1.807, 2.05) is 26.0 Å². The van der Waals surface area contributed by atoms with E-state index in [0.29, 0.717) is 5.02 Å². The van der Waals surface area contributed by atoms with Gasteiger partial charge in [0.15, 0.2) is 0 Å². The maximum Gasteiger partial charge on any atom is 0.245 e. The van der Waals surface area contributed by atoms with Gasteiger partial charge in [0, 0.05) is 17.8 Å². The highest BCUT2D eigenvalue weighted by Crippen LogP contribution is 2.25. The highest BCUT2D eigenvalue weighted by atomic mass is 35.5. The van der Waals surface area contributed by atoms with Gasteiger partial charge in [-0.3, -0.25) is 4.79 Å². The second-order valence-corrected chi connectivity index (χ2v) is 5.00. The fraction of sp³-hybridized carbons (Fsp3) is 0.462. The molecule has 1 rings (SSSR count). The largest absolute Gasteiger partial charge is 0.382 e. The van der Waals surface area contributed by atoms with Crippen LogP contribution in [0.15, 0.2) is 24.3 Å². The Morgan fingerprint density at radius 2 is 2.22 bits per heavy atom. The first kappa shape index (κ1) is 14.8. The van der Waals surface area contributed by atoms with Crippen molar-refractivity contribution in [2.75, 3.05) is 19.0 Å². The highest BCUT2D eigenvalue weighted by Gasteiger charge is 2.40. The normalized spacial score (nSPS) is 14.3. The molecule has 1 unspecified atom stereocenters. The lowest BCUT2D eigenvalue weighted by atomic mass is 9.86. The fourth-order valence-corrected chi connectivity index (χ4v) is 2.01. The van der Waals surface area contributed by atoms with Gasteiger partial charge < -0.3 is 15.8 Å². The maximum atomic E-state index is 11.8. The van der Waals surface area contributed by atoms with Gasteiger partial charge in [-0.1, -0.05) is 31.5 Å². The average molecular weight is 271 g/mol. The Morgan fingerprint density at radius 3 is 2.67 bits per heavy atom. The summed E-state index contributed by atoms with van der Waals surface area (Å²) in [5.41, 5.74) is 5.33. The van der Waals surface area contributed by atoms with Gasteiger partial charge in [-0.25, -0.2) is 0 Å². The average Bonchev–Trinajstić information content (AvgIpc) is 2.27. The van der Waals surface area contributed by atoms with Crippen molar-refractivity contribution in [3.63, 3.8) is 0 Å². The number of halogens is 1. The van der Waals surface area contributed by atoms with E-state index < -0.39 is 11.4 Å². The van der Waals surface area contributed by atoms with Gasteiger partial charge >= 0.3 is 0 Å². The fourth-order valence-electron chi connectivity index (χ4n) is 1.82. The van der Waals surface area contributed by atoms with E-state index in [2.05, 4.69) is 5.32 Å². The first-order valence-electron chi connectivity index (χ1n) is 5.75. The lowest BCUT2D eigenvalue weighted by molar-refractivity contribution is -0.125. The molecule has 18 heavy (non-hydrogen) atoms. The number of amides is 1. The third-order valence-electron chi connectivity index (χ3n) is 2.99. The molecule has 3 N–H and O–H groups in total. The van der Waals surface area contributed by atoms with Gasteiger partial charge in [-0.05, 0) is 24.1 Å². The summed E-state index contributed by atoms with van der Waals surface area (Å²) in [4.78, 5) is 11.8. The minimum atomic E-state index is -0.945. The molecular weight excluding hydrogens is 252 g/mol. The van der Waals surface area contributed by atoms with Crippen molar-refractivity contribution in [1.82, 2.24) is 0 Å². The lowest BCUT2D eigenvalue weighted by Gasteiger charge is -2.35. The molecule has 1 amide bonds. The number of methoxy groups -OCH3 is 1. The van der Waals surface area contributed by atoms with Crippen molar-refractivity contribution in [3.8, 4) is 0 Å². The van der Waals surface area contributed by atoms with Crippen molar-refractivity contribution >= 4 is 23.2 Å². The molecule has 4 nitrogen and oxygen atoms in total. The quantitative estimate of drug-likeness (QED) is 0.834. The predicted octanol–water partition coefficient (Wildman–Crippen LogP) is 2.28. The lowest BCUT2D eigenvalue weighted by Crippen LogP contribution is -2.57. The van der Waals surface area contributed by atoms with Crippen LogP contribution in [0.2, 0.25) is 5.02 Å². The van der Waals surface area contributed by atoms with Crippen molar-refractivity contribution in [2.24, 2.45) is 11.7 Å². The Hall–Kier alpha value is -1.26. The summed E-state index contributed by atoms with van der Waals surface area (Å²) in [5, 5.41) is 3.75. The minimum Gasteiger partial charge on any atom is -0.382 e. The molecule has 0 bridgehead atoms. The number of hydrogen-bond acceptors (Lipinski definition) is 3. The molecule has 0 saturated heterocycles. The van der Waals surface area contributed by atoms with Gasteiger partial charge in [0.25, 0.3) is 0 Å². The van der Waals surface area contributed by atoms with Crippen LogP contribution >= 0.6 is 11.6 Å². The van der Waals surface area contributed by atoms with Crippen LogP contribution in [0.1, 0.15) is 13.8 Å². The molecule has 0 heterocycles. The number of nitrogens with one attached hydrogen (secondary N) is 1. The molecule has 5 heteroatoms. The number of primary amides is 1. The Bertz CT molecular complexity index is 423. The predicted molar refractivity (Wildman–Crippen MR) is 73.7 cm³/mol. The third kappa shape index (κ3) is 3.15. The third-order valence-corrected chi connectivity index (χ3v) is 3.22. The van der Waals surface area contributed by atoms with E-state index in [0.717, 1.165) is 5.69 Å². The van der Waals surface area contributed by atoms with Gasteiger partial charge in [0.05, 0.1) is 6.61 Å². The Balaban J connectivity index is 3.08. The monoisotopic (exact) mass is 270 g/mol. The number of ether oxygens (including phenoxy) is 1. The number of rotatable bonds is 6. The number of anilines is 1. The van der Waals surface area contributed by atoms with Crippen LogP contribution in [0.5, 0.6) is 0 Å². The summed E-state index contributed by atoms with van der Waals surface area (Å²) in [6.07, 6.45) is 0. The van der Waals surface area contributed by atoms with Crippen LogP contribution in [0.3, 0.4) is 0 Å². The van der Waals surface area contributed by atoms with E-state index >= 15 is 0 Å². The molecule has 0 saturated carbocycles. The van der Waals surface area contributed by atoms with Crippen LogP contribution < -0.4 is 11.1 Å². The number of carbonyl (C=O) groups is 1. The van der Waals surface area contributed by atoms with Crippen molar-refractivity contribution in [2.45, 2.75) is 19.4 Å². The SMILES string of the molecule is COCC(Nc1cccc(Cl)c1)(C(N)=O)C(C)C. The molecule has 0 spiro atoms. The summed E-state index contributed by atoms with van der Waals surface area (Å²) in [5.74, 6) is -0.465. The maximum absolute atomic E-state index is 11.8. The molecule has 1 atom stereocenters. The van der Waals surface area contributed by atoms with Gasteiger partial charge in [-0.15, -0.1) is 0 Å². The van der Waals surface area contributed by atoms with Crippen LogP contribution in [0, 0.1) is 5.92 Å². The zero-order valence-corrected chi connectivity index (χ0v) is 11.6. The molecule has 0 aliphatic carbocycles. The zero-order valence-electron chi connectivity index (χ0n) is 10.9. The molecule has 0 aliphatic heterocycles. The summed E-state index contributed by atoms with van der Waals surface area (Å²) in [6.45, 7) is 4.04. The van der Waals surface area contributed by atoms with Crippen molar-refractivity contribution in [1.29, 1.82) is 0 Å². The second kappa shape index (κ2) is 6.07. The number of hydrogen-bond donors (Lipinski definition) is 2. The van der Waals surface area contributed by atoms with Crippen molar-refractivity contribution in [3.05, 3.63) is 29.3 Å². The molecule has 0 fully saturated rings. The van der Waals surface area contributed by atoms with Crippen LogP contribution in [0.25, 0.3) is 0 Å². The van der Waals surface area contributed by atoms with E-state index in [-0.39, 0.29) is 12.5 Å². The molecule has 1 aromatic rings. The smallest absolute Gasteiger partial charge is 0.245 e. The Labute approximate surface area is 112 Å². The van der Waals surface area contributed by atoms with Gasteiger partial charge in [0.2, 0.25) is 5.91 Å². The first-order chi connectivity index (χ1) is 8.42. The van der Waals surface area contributed by atoms with E-state index in [9.17, 15) is 4.79 Å².